The molecule has 2 fully saturated rings. The van der Waals surface area contributed by atoms with Crippen LogP contribution >= 0.6 is 0 Å². The summed E-state index contributed by atoms with van der Waals surface area (Å²) in [6, 6.07) is 0.309. The van der Waals surface area contributed by atoms with Crippen LogP contribution in [-0.4, -0.2) is 34.4 Å². The van der Waals surface area contributed by atoms with Crippen LogP contribution in [0.5, 0.6) is 0 Å². The summed E-state index contributed by atoms with van der Waals surface area (Å²) in [4.78, 5) is 0. The van der Waals surface area contributed by atoms with E-state index >= 15 is 0 Å². The first-order valence-electron chi connectivity index (χ1n) is 8.11. The zero-order valence-corrected chi connectivity index (χ0v) is 13.3. The van der Waals surface area contributed by atoms with Crippen LogP contribution < -0.4 is 0 Å². The Hall–Kier alpha value is -0.980. The van der Waals surface area contributed by atoms with Crippen molar-refractivity contribution in [2.75, 3.05) is 5.75 Å². The van der Waals surface area contributed by atoms with E-state index in [1.54, 1.807) is 4.68 Å². The van der Waals surface area contributed by atoms with Crippen LogP contribution in [0.3, 0.4) is 0 Å². The third-order valence-corrected chi connectivity index (χ3v) is 6.45. The quantitative estimate of drug-likeness (QED) is 0.805. The fourth-order valence-electron chi connectivity index (χ4n) is 3.31. The van der Waals surface area contributed by atoms with E-state index in [4.69, 9.17) is 0 Å². The number of hydrogen-bond acceptors (Lipinski definition) is 5. The molecule has 2 aliphatic carbocycles. The van der Waals surface area contributed by atoms with Crippen molar-refractivity contribution >= 4 is 9.84 Å². The highest BCUT2D eigenvalue weighted by atomic mass is 32.2. The van der Waals surface area contributed by atoms with Gasteiger partial charge in [-0.2, -0.15) is 0 Å². The van der Waals surface area contributed by atoms with Crippen molar-refractivity contribution in [2.45, 2.75) is 69.6 Å². The van der Waals surface area contributed by atoms with Crippen LogP contribution in [0, 0.1) is 5.92 Å². The lowest BCUT2D eigenvalue weighted by atomic mass is 9.88. The molecule has 2 saturated carbocycles. The van der Waals surface area contributed by atoms with Crippen molar-refractivity contribution in [3.8, 4) is 0 Å². The van der Waals surface area contributed by atoms with Gasteiger partial charge in [-0.15, -0.1) is 5.10 Å². The van der Waals surface area contributed by atoms with E-state index in [2.05, 4.69) is 15.5 Å². The Bertz CT molecular complexity index is 559. The van der Waals surface area contributed by atoms with E-state index in [1.165, 1.54) is 38.5 Å². The second-order valence-electron chi connectivity index (χ2n) is 6.51. The summed E-state index contributed by atoms with van der Waals surface area (Å²) in [5.41, 5.74) is 0. The van der Waals surface area contributed by atoms with Crippen molar-refractivity contribution in [1.29, 1.82) is 0 Å². The highest BCUT2D eigenvalue weighted by Crippen LogP contribution is 2.31. The number of nitrogens with zero attached hydrogens (tertiary/aromatic N) is 4. The molecule has 7 heteroatoms. The van der Waals surface area contributed by atoms with Gasteiger partial charge in [-0.05, 0) is 42.0 Å². The molecular formula is C14H24N4O2S. The molecule has 0 radical (unpaired) electrons. The molecule has 1 aromatic heterocycles. The van der Waals surface area contributed by atoms with Crippen molar-refractivity contribution in [3.05, 3.63) is 5.82 Å². The summed E-state index contributed by atoms with van der Waals surface area (Å²) in [7, 11) is -3.11. The summed E-state index contributed by atoms with van der Waals surface area (Å²) >= 11 is 0. The zero-order chi connectivity index (χ0) is 14.7. The molecule has 0 unspecified atom stereocenters. The lowest BCUT2D eigenvalue weighted by Crippen LogP contribution is -2.23. The van der Waals surface area contributed by atoms with Crippen molar-refractivity contribution in [1.82, 2.24) is 20.2 Å². The van der Waals surface area contributed by atoms with Gasteiger partial charge in [-0.25, -0.2) is 13.1 Å². The van der Waals surface area contributed by atoms with Gasteiger partial charge in [0, 0.05) is 0 Å². The minimum atomic E-state index is -3.11. The van der Waals surface area contributed by atoms with Gasteiger partial charge in [0.05, 0.1) is 11.8 Å². The Kier molecular flexibility index (Phi) is 4.57. The van der Waals surface area contributed by atoms with Crippen LogP contribution in [0.15, 0.2) is 0 Å². The minimum absolute atomic E-state index is 0.0107. The third-order valence-electron chi connectivity index (χ3n) is 4.89. The van der Waals surface area contributed by atoms with E-state index in [-0.39, 0.29) is 11.5 Å². The van der Waals surface area contributed by atoms with Gasteiger partial charge < -0.3 is 0 Å². The molecule has 0 atom stereocenters. The maximum absolute atomic E-state index is 12.3. The Morgan fingerprint density at radius 3 is 2.48 bits per heavy atom. The third kappa shape index (κ3) is 3.81. The molecule has 0 amide bonds. The van der Waals surface area contributed by atoms with Crippen LogP contribution in [0.4, 0.5) is 0 Å². The highest BCUT2D eigenvalue weighted by Gasteiger charge is 2.26. The highest BCUT2D eigenvalue weighted by molar-refractivity contribution is 7.90. The van der Waals surface area contributed by atoms with Gasteiger partial charge in [-0.3, -0.25) is 0 Å². The summed E-state index contributed by atoms with van der Waals surface area (Å²) in [5.74, 6) is 1.37. The molecule has 0 bridgehead atoms. The molecular weight excluding hydrogens is 288 g/mol. The van der Waals surface area contributed by atoms with Gasteiger partial charge in [0.2, 0.25) is 0 Å². The molecule has 0 aliphatic heterocycles. The summed E-state index contributed by atoms with van der Waals surface area (Å²) < 4.78 is 26.3. The Morgan fingerprint density at radius 1 is 1.05 bits per heavy atom. The normalized spacial score (nSPS) is 21.3. The molecule has 6 nitrogen and oxygen atoms in total. The maximum Gasteiger partial charge on any atom is 0.166 e. The topological polar surface area (TPSA) is 77.7 Å². The summed E-state index contributed by atoms with van der Waals surface area (Å²) in [6.45, 7) is 0. The number of tetrazole rings is 1. The number of sulfone groups is 1. The van der Waals surface area contributed by atoms with Crippen molar-refractivity contribution < 1.29 is 8.42 Å². The fourth-order valence-corrected chi connectivity index (χ4v) is 4.73. The molecule has 1 aromatic rings. The Balaban J connectivity index is 1.56. The van der Waals surface area contributed by atoms with Gasteiger partial charge in [0.15, 0.2) is 15.7 Å². The molecule has 1 heterocycles. The maximum atomic E-state index is 12.3. The predicted molar refractivity (Wildman–Crippen MR) is 79.4 cm³/mol. The average Bonchev–Trinajstić information content (AvgIpc) is 2.83. The standard InChI is InChI=1S/C14H24N4O2S/c19-21(20,10-9-12-5-2-1-3-6-12)11-14-15-16-17-18(14)13-7-4-8-13/h12-13H,1-11H2. The van der Waals surface area contributed by atoms with Gasteiger partial charge in [0.25, 0.3) is 0 Å². The molecule has 0 N–H and O–H groups in total. The first-order chi connectivity index (χ1) is 10.1. The monoisotopic (exact) mass is 312 g/mol. The van der Waals surface area contributed by atoms with Crippen LogP contribution in [0.1, 0.15) is 69.7 Å². The SMILES string of the molecule is O=S(=O)(CCC1CCCCC1)Cc1nnnn1C1CCC1. The van der Waals surface area contributed by atoms with E-state index in [0.29, 0.717) is 17.8 Å². The number of hydrogen-bond donors (Lipinski definition) is 0. The molecule has 0 aromatic carbocycles. The van der Waals surface area contributed by atoms with Crippen LogP contribution in [0.25, 0.3) is 0 Å². The molecule has 0 saturated heterocycles. The van der Waals surface area contributed by atoms with E-state index in [0.717, 1.165) is 19.3 Å². The zero-order valence-electron chi connectivity index (χ0n) is 12.4. The predicted octanol–water partition coefficient (Wildman–Crippen LogP) is 2.28. The number of aromatic nitrogens is 4. The van der Waals surface area contributed by atoms with Gasteiger partial charge >= 0.3 is 0 Å². The lowest BCUT2D eigenvalue weighted by Gasteiger charge is -2.25. The first kappa shape index (κ1) is 14.9. The fraction of sp³-hybridized carbons (Fsp3) is 0.929. The largest absolute Gasteiger partial charge is 0.228 e. The first-order valence-corrected chi connectivity index (χ1v) is 9.93. The molecule has 2 aliphatic rings. The van der Waals surface area contributed by atoms with Crippen LogP contribution in [0.2, 0.25) is 0 Å². The molecule has 118 valence electrons. The minimum Gasteiger partial charge on any atom is -0.228 e. The van der Waals surface area contributed by atoms with Gasteiger partial charge in [-0.1, -0.05) is 32.1 Å². The summed E-state index contributed by atoms with van der Waals surface area (Å²) in [5, 5.41) is 11.5. The van der Waals surface area contributed by atoms with Crippen LogP contribution in [-0.2, 0) is 15.6 Å². The van der Waals surface area contributed by atoms with E-state index in [1.807, 2.05) is 0 Å². The average molecular weight is 312 g/mol. The lowest BCUT2D eigenvalue weighted by molar-refractivity contribution is 0.279. The summed E-state index contributed by atoms with van der Waals surface area (Å²) in [6.07, 6.45) is 10.3. The van der Waals surface area contributed by atoms with E-state index in [9.17, 15) is 8.42 Å². The second-order valence-corrected chi connectivity index (χ2v) is 8.69. The second kappa shape index (κ2) is 6.42. The molecule has 0 spiro atoms. The molecule has 3 rings (SSSR count). The molecule has 21 heavy (non-hydrogen) atoms. The van der Waals surface area contributed by atoms with E-state index < -0.39 is 9.84 Å². The Morgan fingerprint density at radius 2 is 1.81 bits per heavy atom. The smallest absolute Gasteiger partial charge is 0.166 e. The Labute approximate surface area is 126 Å². The van der Waals surface area contributed by atoms with Crippen molar-refractivity contribution in [2.24, 2.45) is 5.92 Å². The number of rotatable bonds is 6. The van der Waals surface area contributed by atoms with Gasteiger partial charge in [0.1, 0.15) is 5.75 Å². The van der Waals surface area contributed by atoms with Crippen molar-refractivity contribution in [3.63, 3.8) is 0 Å².